The highest BCUT2D eigenvalue weighted by Crippen LogP contribution is 2.33. The molecule has 20 heavy (non-hydrogen) atoms. The first kappa shape index (κ1) is 12.7. The lowest BCUT2D eigenvalue weighted by Crippen LogP contribution is -2.10. The van der Waals surface area contributed by atoms with Gasteiger partial charge in [0, 0.05) is 0 Å². The monoisotopic (exact) mass is 271 g/mol. The van der Waals surface area contributed by atoms with Crippen LogP contribution < -0.4 is 5.32 Å². The average molecular weight is 271 g/mol. The molecule has 104 valence electrons. The number of hydrogen-bond acceptors (Lipinski definition) is 3. The van der Waals surface area contributed by atoms with E-state index in [9.17, 15) is 9.90 Å². The maximum atomic E-state index is 11.4. The Morgan fingerprint density at radius 1 is 1.45 bits per heavy atom. The second-order valence-corrected chi connectivity index (χ2v) is 5.12. The lowest BCUT2D eigenvalue weighted by molar-refractivity contribution is 0.0697. The first-order chi connectivity index (χ1) is 9.60. The number of aromatic carboxylic acids is 1. The van der Waals surface area contributed by atoms with Crippen LogP contribution in [0.5, 0.6) is 0 Å². The highest BCUT2D eigenvalue weighted by Gasteiger charge is 2.30. The molecule has 0 saturated carbocycles. The summed E-state index contributed by atoms with van der Waals surface area (Å²) in [7, 11) is 0. The second-order valence-electron chi connectivity index (χ2n) is 5.12. The summed E-state index contributed by atoms with van der Waals surface area (Å²) in [5, 5.41) is 17.0. The van der Waals surface area contributed by atoms with Crippen molar-refractivity contribution in [3.63, 3.8) is 0 Å². The molecule has 2 aromatic rings. The molecule has 0 amide bonds. The Balaban J connectivity index is 1.93. The van der Waals surface area contributed by atoms with Crippen molar-refractivity contribution < 1.29 is 9.90 Å². The van der Waals surface area contributed by atoms with Gasteiger partial charge in [-0.15, -0.1) is 0 Å². The highest BCUT2D eigenvalue weighted by molar-refractivity contribution is 5.95. The summed E-state index contributed by atoms with van der Waals surface area (Å²) in [4.78, 5) is 11.4. The number of rotatable bonds is 3. The SMILES string of the molecule is CCc1nn2c(c1C(=O)O)N[C@H](c1ccc(C)cc1)C2. The molecule has 5 nitrogen and oxygen atoms in total. The van der Waals surface area contributed by atoms with Crippen LogP contribution in [0.1, 0.15) is 40.1 Å². The van der Waals surface area contributed by atoms with Crippen molar-refractivity contribution >= 4 is 11.8 Å². The summed E-state index contributed by atoms with van der Waals surface area (Å²) < 4.78 is 1.77. The zero-order valence-electron chi connectivity index (χ0n) is 11.6. The molecule has 0 unspecified atom stereocenters. The zero-order valence-corrected chi connectivity index (χ0v) is 11.6. The van der Waals surface area contributed by atoms with Crippen molar-refractivity contribution in [2.75, 3.05) is 5.32 Å². The van der Waals surface area contributed by atoms with Crippen LogP contribution in [-0.4, -0.2) is 20.9 Å². The van der Waals surface area contributed by atoms with Crippen LogP contribution >= 0.6 is 0 Å². The Bertz CT molecular complexity index is 659. The maximum absolute atomic E-state index is 11.4. The van der Waals surface area contributed by atoms with Gasteiger partial charge >= 0.3 is 5.97 Å². The lowest BCUT2D eigenvalue weighted by Gasteiger charge is -2.11. The number of carbonyl (C=O) groups is 1. The van der Waals surface area contributed by atoms with Crippen molar-refractivity contribution in [2.45, 2.75) is 32.9 Å². The minimum Gasteiger partial charge on any atom is -0.477 e. The van der Waals surface area contributed by atoms with E-state index in [0.717, 1.165) is 5.56 Å². The smallest absolute Gasteiger partial charge is 0.341 e. The summed E-state index contributed by atoms with van der Waals surface area (Å²) in [6.07, 6.45) is 0.624. The number of nitrogens with zero attached hydrogens (tertiary/aromatic N) is 2. The number of benzene rings is 1. The molecule has 2 heterocycles. The van der Waals surface area contributed by atoms with E-state index in [1.807, 2.05) is 13.8 Å². The van der Waals surface area contributed by atoms with Gasteiger partial charge < -0.3 is 10.4 Å². The van der Waals surface area contributed by atoms with Crippen LogP contribution in [0.15, 0.2) is 24.3 Å². The van der Waals surface area contributed by atoms with Gasteiger partial charge in [0.15, 0.2) is 0 Å². The van der Waals surface area contributed by atoms with Crippen molar-refractivity contribution in [1.82, 2.24) is 9.78 Å². The van der Waals surface area contributed by atoms with E-state index >= 15 is 0 Å². The largest absolute Gasteiger partial charge is 0.477 e. The number of nitrogens with one attached hydrogen (secondary N) is 1. The van der Waals surface area contributed by atoms with Crippen molar-refractivity contribution in [1.29, 1.82) is 0 Å². The predicted molar refractivity (Wildman–Crippen MR) is 76.1 cm³/mol. The van der Waals surface area contributed by atoms with E-state index in [0.29, 0.717) is 30.0 Å². The van der Waals surface area contributed by atoms with E-state index in [-0.39, 0.29) is 6.04 Å². The minimum absolute atomic E-state index is 0.0853. The highest BCUT2D eigenvalue weighted by atomic mass is 16.4. The number of anilines is 1. The van der Waals surface area contributed by atoms with E-state index < -0.39 is 5.97 Å². The molecule has 0 fully saturated rings. The van der Waals surface area contributed by atoms with Gasteiger partial charge in [-0.2, -0.15) is 5.10 Å². The molecule has 0 aliphatic carbocycles. The van der Waals surface area contributed by atoms with Gasteiger partial charge in [-0.1, -0.05) is 36.8 Å². The van der Waals surface area contributed by atoms with Gasteiger partial charge in [0.25, 0.3) is 0 Å². The summed E-state index contributed by atoms with van der Waals surface area (Å²) in [5.74, 6) is -0.292. The zero-order chi connectivity index (χ0) is 14.3. The Morgan fingerprint density at radius 3 is 2.75 bits per heavy atom. The van der Waals surface area contributed by atoms with Crippen molar-refractivity contribution in [2.24, 2.45) is 0 Å². The van der Waals surface area contributed by atoms with Gasteiger partial charge in [0.2, 0.25) is 0 Å². The quantitative estimate of drug-likeness (QED) is 0.900. The molecule has 3 rings (SSSR count). The number of aryl methyl sites for hydroxylation is 2. The summed E-state index contributed by atoms with van der Waals surface area (Å²) >= 11 is 0. The third-order valence-corrected chi connectivity index (χ3v) is 3.72. The first-order valence-electron chi connectivity index (χ1n) is 6.76. The molecule has 5 heteroatoms. The second kappa shape index (κ2) is 4.67. The molecule has 1 aromatic heterocycles. The molecule has 0 radical (unpaired) electrons. The van der Waals surface area contributed by atoms with Gasteiger partial charge in [0.05, 0.1) is 18.3 Å². The van der Waals surface area contributed by atoms with E-state index in [1.54, 1.807) is 4.68 Å². The molecule has 1 aliphatic rings. The number of hydrogen-bond donors (Lipinski definition) is 2. The van der Waals surface area contributed by atoms with Gasteiger partial charge in [-0.05, 0) is 18.9 Å². The molecule has 0 spiro atoms. The standard InChI is InChI=1S/C15H17N3O2/c1-3-11-13(15(19)20)14-16-12(8-18(14)17-11)10-6-4-9(2)5-7-10/h4-7,12,16H,3,8H2,1-2H3,(H,19,20)/t12-/m0/s1. The number of carboxylic acid groups (broad SMARTS) is 1. The topological polar surface area (TPSA) is 67.2 Å². The molecule has 1 aliphatic heterocycles. The van der Waals surface area contributed by atoms with E-state index in [4.69, 9.17) is 0 Å². The van der Waals surface area contributed by atoms with Crippen LogP contribution in [-0.2, 0) is 13.0 Å². The fourth-order valence-corrected chi connectivity index (χ4v) is 2.63. The summed E-state index contributed by atoms with van der Waals surface area (Å²) in [6.45, 7) is 4.63. The lowest BCUT2D eigenvalue weighted by atomic mass is 10.1. The number of carboxylic acids is 1. The third kappa shape index (κ3) is 1.95. The number of fused-ring (bicyclic) bond motifs is 1. The van der Waals surface area contributed by atoms with E-state index in [1.165, 1.54) is 5.56 Å². The Labute approximate surface area is 117 Å². The molecule has 0 saturated heterocycles. The fraction of sp³-hybridized carbons (Fsp3) is 0.333. The van der Waals surface area contributed by atoms with Crippen LogP contribution in [0, 0.1) is 6.92 Å². The molecular weight excluding hydrogens is 254 g/mol. The molecule has 1 aromatic carbocycles. The average Bonchev–Trinajstić information content (AvgIpc) is 2.95. The van der Waals surface area contributed by atoms with Gasteiger partial charge in [-0.3, -0.25) is 0 Å². The van der Waals surface area contributed by atoms with Crippen molar-refractivity contribution in [3.8, 4) is 0 Å². The van der Waals surface area contributed by atoms with Crippen LogP contribution in [0.2, 0.25) is 0 Å². The Morgan fingerprint density at radius 2 is 2.15 bits per heavy atom. The van der Waals surface area contributed by atoms with Crippen LogP contribution in [0.3, 0.4) is 0 Å². The molecule has 0 bridgehead atoms. The van der Waals surface area contributed by atoms with E-state index in [2.05, 4.69) is 34.7 Å². The molecule has 1 atom stereocenters. The van der Waals surface area contributed by atoms with Crippen LogP contribution in [0.25, 0.3) is 0 Å². The van der Waals surface area contributed by atoms with Crippen LogP contribution in [0.4, 0.5) is 5.82 Å². The molecule has 2 N–H and O–H groups in total. The predicted octanol–water partition coefficient (Wildman–Crippen LogP) is 2.62. The maximum Gasteiger partial charge on any atom is 0.341 e. The third-order valence-electron chi connectivity index (χ3n) is 3.72. The Hall–Kier alpha value is -2.30. The number of aromatic nitrogens is 2. The summed E-state index contributed by atoms with van der Waals surface area (Å²) in [5.41, 5.74) is 3.31. The van der Waals surface area contributed by atoms with Crippen molar-refractivity contribution in [3.05, 3.63) is 46.6 Å². The fourth-order valence-electron chi connectivity index (χ4n) is 2.63. The minimum atomic E-state index is -0.917. The first-order valence-corrected chi connectivity index (χ1v) is 6.76. The summed E-state index contributed by atoms with van der Waals surface area (Å²) in [6, 6.07) is 8.35. The molecular formula is C15H17N3O2. The Kier molecular flexibility index (Phi) is 2.97. The van der Waals surface area contributed by atoms with Gasteiger partial charge in [0.1, 0.15) is 11.4 Å². The van der Waals surface area contributed by atoms with Gasteiger partial charge in [-0.25, -0.2) is 9.48 Å². The normalized spacial score (nSPS) is 16.8.